The minimum atomic E-state index is 0.0888. The number of rotatable bonds is 7. The van der Waals surface area contributed by atoms with Gasteiger partial charge in [-0.2, -0.15) is 0 Å². The van der Waals surface area contributed by atoms with Crippen molar-refractivity contribution >= 4 is 5.91 Å². The van der Waals surface area contributed by atoms with Gasteiger partial charge in [-0.3, -0.25) is 9.69 Å². The van der Waals surface area contributed by atoms with Crippen molar-refractivity contribution in [2.75, 3.05) is 32.8 Å². The number of hydrogen-bond acceptors (Lipinski definition) is 3. The Hall–Kier alpha value is -0.610. The van der Waals surface area contributed by atoms with Crippen LogP contribution < -0.4 is 5.32 Å². The lowest BCUT2D eigenvalue weighted by molar-refractivity contribution is -0.122. The molecule has 0 aromatic carbocycles. The molecule has 0 radical (unpaired) electrons. The Bertz CT molecular complexity index is 215. The van der Waals surface area contributed by atoms with Gasteiger partial charge in [0.1, 0.15) is 0 Å². The minimum Gasteiger partial charge on any atom is -0.395 e. The van der Waals surface area contributed by atoms with Crippen LogP contribution in [0.3, 0.4) is 0 Å². The van der Waals surface area contributed by atoms with Gasteiger partial charge in [0, 0.05) is 13.1 Å². The SMILES string of the molecule is CCN(CCO)CC(=O)NCC1CCCCC1. The van der Waals surface area contributed by atoms with Gasteiger partial charge in [0.15, 0.2) is 0 Å². The highest BCUT2D eigenvalue weighted by Gasteiger charge is 2.15. The van der Waals surface area contributed by atoms with E-state index in [9.17, 15) is 4.79 Å². The van der Waals surface area contributed by atoms with Crippen LogP contribution in [0.2, 0.25) is 0 Å². The largest absolute Gasteiger partial charge is 0.395 e. The smallest absolute Gasteiger partial charge is 0.234 e. The van der Waals surface area contributed by atoms with Gasteiger partial charge in [0.05, 0.1) is 13.2 Å². The summed E-state index contributed by atoms with van der Waals surface area (Å²) in [6.45, 7) is 4.73. The van der Waals surface area contributed by atoms with Crippen LogP contribution in [0.25, 0.3) is 0 Å². The highest BCUT2D eigenvalue weighted by molar-refractivity contribution is 5.77. The zero-order chi connectivity index (χ0) is 12.5. The van der Waals surface area contributed by atoms with Gasteiger partial charge in [0.2, 0.25) is 5.91 Å². The number of likely N-dealkylation sites (N-methyl/N-ethyl adjacent to an activating group) is 1. The van der Waals surface area contributed by atoms with E-state index in [1.54, 1.807) is 0 Å². The second kappa shape index (κ2) is 8.48. The Morgan fingerprint density at radius 1 is 1.35 bits per heavy atom. The van der Waals surface area contributed by atoms with Crippen molar-refractivity contribution in [3.63, 3.8) is 0 Å². The van der Waals surface area contributed by atoms with Crippen LogP contribution in [0.4, 0.5) is 0 Å². The number of aliphatic hydroxyl groups is 1. The van der Waals surface area contributed by atoms with Gasteiger partial charge >= 0.3 is 0 Å². The van der Waals surface area contributed by atoms with Crippen LogP contribution in [0, 0.1) is 5.92 Å². The summed E-state index contributed by atoms with van der Waals surface area (Å²) in [5, 5.41) is 11.9. The van der Waals surface area contributed by atoms with Crippen molar-refractivity contribution in [3.05, 3.63) is 0 Å². The lowest BCUT2D eigenvalue weighted by atomic mass is 9.89. The number of hydrogen-bond donors (Lipinski definition) is 2. The molecule has 0 spiro atoms. The van der Waals surface area contributed by atoms with E-state index in [0.29, 0.717) is 19.0 Å². The maximum atomic E-state index is 11.7. The van der Waals surface area contributed by atoms with Crippen LogP contribution in [-0.2, 0) is 4.79 Å². The van der Waals surface area contributed by atoms with E-state index in [0.717, 1.165) is 13.1 Å². The Labute approximate surface area is 104 Å². The molecule has 17 heavy (non-hydrogen) atoms. The van der Waals surface area contributed by atoms with Crippen LogP contribution in [0.15, 0.2) is 0 Å². The van der Waals surface area contributed by atoms with E-state index in [-0.39, 0.29) is 12.5 Å². The molecular weight excluding hydrogens is 216 g/mol. The molecule has 0 unspecified atom stereocenters. The van der Waals surface area contributed by atoms with E-state index >= 15 is 0 Å². The first-order valence-corrected chi connectivity index (χ1v) is 6.86. The van der Waals surface area contributed by atoms with Gasteiger partial charge in [-0.05, 0) is 25.3 Å². The molecule has 0 aromatic heterocycles. The summed E-state index contributed by atoms with van der Waals surface area (Å²) in [7, 11) is 0. The number of aliphatic hydroxyl groups excluding tert-OH is 1. The van der Waals surface area contributed by atoms with E-state index in [1.165, 1.54) is 32.1 Å². The zero-order valence-electron chi connectivity index (χ0n) is 11.0. The molecule has 2 N–H and O–H groups in total. The summed E-state index contributed by atoms with van der Waals surface area (Å²) in [6.07, 6.45) is 6.49. The topological polar surface area (TPSA) is 52.6 Å². The standard InChI is InChI=1S/C13H26N2O2/c1-2-15(8-9-16)11-13(17)14-10-12-6-4-3-5-7-12/h12,16H,2-11H2,1H3,(H,14,17). The summed E-state index contributed by atoms with van der Waals surface area (Å²) in [6, 6.07) is 0. The third-order valence-corrected chi connectivity index (χ3v) is 3.54. The monoisotopic (exact) mass is 242 g/mol. The molecule has 0 atom stereocenters. The van der Waals surface area contributed by atoms with Gasteiger partial charge in [-0.1, -0.05) is 26.2 Å². The van der Waals surface area contributed by atoms with Crippen molar-refractivity contribution in [3.8, 4) is 0 Å². The Morgan fingerprint density at radius 2 is 2.06 bits per heavy atom. The fourth-order valence-electron chi connectivity index (χ4n) is 2.40. The molecule has 1 aliphatic carbocycles. The molecule has 4 nitrogen and oxygen atoms in total. The molecule has 4 heteroatoms. The zero-order valence-corrected chi connectivity index (χ0v) is 11.0. The summed E-state index contributed by atoms with van der Waals surface area (Å²) < 4.78 is 0. The quantitative estimate of drug-likeness (QED) is 0.700. The second-order valence-corrected chi connectivity index (χ2v) is 4.90. The van der Waals surface area contributed by atoms with Gasteiger partial charge in [-0.15, -0.1) is 0 Å². The summed E-state index contributed by atoms with van der Waals surface area (Å²) in [5.74, 6) is 0.770. The average molecular weight is 242 g/mol. The van der Waals surface area contributed by atoms with E-state index in [4.69, 9.17) is 5.11 Å². The number of carbonyl (C=O) groups excluding carboxylic acids is 1. The van der Waals surface area contributed by atoms with Crippen molar-refractivity contribution in [1.29, 1.82) is 0 Å². The number of nitrogens with zero attached hydrogens (tertiary/aromatic N) is 1. The van der Waals surface area contributed by atoms with Crippen LogP contribution in [0.1, 0.15) is 39.0 Å². The molecule has 0 aromatic rings. The summed E-state index contributed by atoms with van der Waals surface area (Å²) >= 11 is 0. The number of nitrogens with one attached hydrogen (secondary N) is 1. The lowest BCUT2D eigenvalue weighted by Crippen LogP contribution is -2.40. The van der Waals surface area contributed by atoms with Crippen LogP contribution in [-0.4, -0.2) is 48.7 Å². The normalized spacial score (nSPS) is 17.4. The van der Waals surface area contributed by atoms with Crippen LogP contribution >= 0.6 is 0 Å². The summed E-state index contributed by atoms with van der Waals surface area (Å²) in [4.78, 5) is 13.6. The van der Waals surface area contributed by atoms with Crippen molar-refractivity contribution in [2.24, 2.45) is 5.92 Å². The fraction of sp³-hybridized carbons (Fsp3) is 0.923. The molecule has 0 heterocycles. The molecule has 0 aliphatic heterocycles. The van der Waals surface area contributed by atoms with Crippen molar-refractivity contribution in [1.82, 2.24) is 10.2 Å². The molecule has 1 aliphatic rings. The Morgan fingerprint density at radius 3 is 2.65 bits per heavy atom. The molecule has 1 amide bonds. The van der Waals surface area contributed by atoms with Gasteiger partial charge in [0.25, 0.3) is 0 Å². The lowest BCUT2D eigenvalue weighted by Gasteiger charge is -2.23. The molecule has 100 valence electrons. The molecule has 1 rings (SSSR count). The highest BCUT2D eigenvalue weighted by atomic mass is 16.3. The molecule has 1 saturated carbocycles. The van der Waals surface area contributed by atoms with E-state index in [1.807, 2.05) is 11.8 Å². The first-order valence-electron chi connectivity index (χ1n) is 6.86. The summed E-state index contributed by atoms with van der Waals surface area (Å²) in [5.41, 5.74) is 0. The molecule has 0 saturated heterocycles. The second-order valence-electron chi connectivity index (χ2n) is 4.90. The van der Waals surface area contributed by atoms with Gasteiger partial charge in [-0.25, -0.2) is 0 Å². The predicted molar refractivity (Wildman–Crippen MR) is 68.8 cm³/mol. The third kappa shape index (κ3) is 6.03. The van der Waals surface area contributed by atoms with E-state index in [2.05, 4.69) is 5.32 Å². The Kier molecular flexibility index (Phi) is 7.21. The Balaban J connectivity index is 2.14. The fourth-order valence-corrected chi connectivity index (χ4v) is 2.40. The minimum absolute atomic E-state index is 0.0888. The molecular formula is C13H26N2O2. The average Bonchev–Trinajstić information content (AvgIpc) is 2.37. The van der Waals surface area contributed by atoms with Crippen molar-refractivity contribution < 1.29 is 9.90 Å². The molecule has 1 fully saturated rings. The van der Waals surface area contributed by atoms with Crippen molar-refractivity contribution in [2.45, 2.75) is 39.0 Å². The molecule has 0 bridgehead atoms. The van der Waals surface area contributed by atoms with Gasteiger partial charge < -0.3 is 10.4 Å². The number of amides is 1. The first-order chi connectivity index (χ1) is 8.26. The van der Waals surface area contributed by atoms with E-state index < -0.39 is 0 Å². The third-order valence-electron chi connectivity index (χ3n) is 3.54. The van der Waals surface area contributed by atoms with Crippen LogP contribution in [0.5, 0.6) is 0 Å². The first kappa shape index (κ1) is 14.5. The maximum Gasteiger partial charge on any atom is 0.234 e. The number of carbonyl (C=O) groups is 1. The maximum absolute atomic E-state index is 11.7. The highest BCUT2D eigenvalue weighted by Crippen LogP contribution is 2.22. The predicted octanol–water partition coefficient (Wildman–Crippen LogP) is 0.997.